The van der Waals surface area contributed by atoms with E-state index in [1.807, 2.05) is 13.8 Å². The summed E-state index contributed by atoms with van der Waals surface area (Å²) in [6, 6.07) is 4.59. The van der Waals surface area contributed by atoms with E-state index >= 15 is 0 Å². The zero-order chi connectivity index (χ0) is 15.3. The molecule has 0 saturated heterocycles. The van der Waals surface area contributed by atoms with Gasteiger partial charge in [-0.1, -0.05) is 19.9 Å². The molecule has 20 heavy (non-hydrogen) atoms. The Morgan fingerprint density at radius 2 is 1.90 bits per heavy atom. The predicted octanol–water partition coefficient (Wildman–Crippen LogP) is 3.71. The standard InChI is InChI=1S/C14H20F4N2/c1-4-20(9-14(16,17)18)13-6-5-11(7-12(13)15)8-19-10(2)3/h5-7,10,19H,4,8-9H2,1-3H3. The lowest BCUT2D eigenvalue weighted by Gasteiger charge is -2.25. The van der Waals surface area contributed by atoms with Crippen molar-refractivity contribution in [2.24, 2.45) is 0 Å². The first kappa shape index (κ1) is 16.8. The van der Waals surface area contributed by atoms with Crippen LogP contribution in [0.2, 0.25) is 0 Å². The fourth-order valence-corrected chi connectivity index (χ4v) is 1.82. The molecule has 0 bridgehead atoms. The van der Waals surface area contributed by atoms with Gasteiger partial charge in [0.05, 0.1) is 5.69 Å². The van der Waals surface area contributed by atoms with Gasteiger partial charge in [0.1, 0.15) is 12.4 Å². The number of halogens is 4. The number of hydrogen-bond donors (Lipinski definition) is 1. The number of nitrogens with one attached hydrogen (secondary N) is 1. The first-order valence-corrected chi connectivity index (χ1v) is 6.56. The van der Waals surface area contributed by atoms with Crippen LogP contribution < -0.4 is 10.2 Å². The van der Waals surface area contributed by atoms with Crippen LogP contribution in [-0.4, -0.2) is 25.3 Å². The molecule has 0 amide bonds. The lowest BCUT2D eigenvalue weighted by Crippen LogP contribution is -2.34. The molecule has 0 heterocycles. The Hall–Kier alpha value is -1.30. The minimum Gasteiger partial charge on any atom is -0.360 e. The molecule has 1 aromatic carbocycles. The van der Waals surface area contributed by atoms with E-state index in [1.165, 1.54) is 12.1 Å². The van der Waals surface area contributed by atoms with Gasteiger partial charge >= 0.3 is 6.18 Å². The van der Waals surface area contributed by atoms with Crippen molar-refractivity contribution in [2.75, 3.05) is 18.0 Å². The zero-order valence-corrected chi connectivity index (χ0v) is 11.9. The van der Waals surface area contributed by atoms with Crippen molar-refractivity contribution in [3.05, 3.63) is 29.6 Å². The lowest BCUT2D eigenvalue weighted by atomic mass is 10.1. The summed E-state index contributed by atoms with van der Waals surface area (Å²) in [5.74, 6) is -0.626. The number of benzene rings is 1. The summed E-state index contributed by atoms with van der Waals surface area (Å²) in [7, 11) is 0. The third-order valence-electron chi connectivity index (χ3n) is 2.82. The molecule has 0 aromatic heterocycles. The molecular weight excluding hydrogens is 272 g/mol. The Morgan fingerprint density at radius 1 is 1.25 bits per heavy atom. The average molecular weight is 292 g/mol. The van der Waals surface area contributed by atoms with Crippen molar-refractivity contribution in [3.8, 4) is 0 Å². The first-order chi connectivity index (χ1) is 9.23. The highest BCUT2D eigenvalue weighted by atomic mass is 19.4. The molecule has 6 heteroatoms. The number of rotatable bonds is 6. The minimum absolute atomic E-state index is 0.0156. The third kappa shape index (κ3) is 5.36. The van der Waals surface area contributed by atoms with Crippen molar-refractivity contribution in [1.82, 2.24) is 5.32 Å². The highest BCUT2D eigenvalue weighted by Gasteiger charge is 2.31. The van der Waals surface area contributed by atoms with Crippen LogP contribution in [0.5, 0.6) is 0 Å². The van der Waals surface area contributed by atoms with Crippen LogP contribution in [0, 0.1) is 5.82 Å². The molecule has 114 valence electrons. The molecule has 1 N–H and O–H groups in total. The first-order valence-electron chi connectivity index (χ1n) is 6.56. The van der Waals surface area contributed by atoms with E-state index in [-0.39, 0.29) is 18.3 Å². The second kappa shape index (κ2) is 6.92. The molecule has 0 atom stereocenters. The molecule has 0 spiro atoms. The van der Waals surface area contributed by atoms with Crippen molar-refractivity contribution in [2.45, 2.75) is 39.5 Å². The molecule has 0 aliphatic heterocycles. The molecule has 0 aliphatic rings. The Balaban J connectivity index is 2.85. The lowest BCUT2D eigenvalue weighted by molar-refractivity contribution is -0.119. The SMILES string of the molecule is CCN(CC(F)(F)F)c1ccc(CNC(C)C)cc1F. The van der Waals surface area contributed by atoms with Crippen LogP contribution in [0.25, 0.3) is 0 Å². The van der Waals surface area contributed by atoms with Gasteiger partial charge < -0.3 is 10.2 Å². The Labute approximate surface area is 116 Å². The fourth-order valence-electron chi connectivity index (χ4n) is 1.82. The molecule has 1 aromatic rings. The maximum Gasteiger partial charge on any atom is 0.405 e. The highest BCUT2D eigenvalue weighted by molar-refractivity contribution is 5.49. The molecule has 0 aliphatic carbocycles. The molecule has 0 fully saturated rings. The van der Waals surface area contributed by atoms with Crippen LogP contribution in [0.3, 0.4) is 0 Å². The Bertz CT molecular complexity index is 430. The molecule has 0 radical (unpaired) electrons. The Kier molecular flexibility index (Phi) is 5.80. The van der Waals surface area contributed by atoms with E-state index in [1.54, 1.807) is 13.0 Å². The number of hydrogen-bond acceptors (Lipinski definition) is 2. The largest absolute Gasteiger partial charge is 0.405 e. The van der Waals surface area contributed by atoms with Gasteiger partial charge in [0.25, 0.3) is 0 Å². The molecule has 0 saturated carbocycles. The van der Waals surface area contributed by atoms with E-state index in [4.69, 9.17) is 0 Å². The summed E-state index contributed by atoms with van der Waals surface area (Å²) in [6.45, 7) is 4.93. The van der Waals surface area contributed by atoms with E-state index in [2.05, 4.69) is 5.32 Å². The van der Waals surface area contributed by atoms with Crippen LogP contribution in [0.15, 0.2) is 18.2 Å². The van der Waals surface area contributed by atoms with Crippen LogP contribution in [-0.2, 0) is 6.54 Å². The monoisotopic (exact) mass is 292 g/mol. The van der Waals surface area contributed by atoms with E-state index in [0.29, 0.717) is 12.1 Å². The van der Waals surface area contributed by atoms with Crippen molar-refractivity contribution >= 4 is 5.69 Å². The molecular formula is C14H20F4N2. The van der Waals surface area contributed by atoms with E-state index in [0.717, 1.165) is 4.90 Å². The van der Waals surface area contributed by atoms with Gasteiger partial charge in [-0.15, -0.1) is 0 Å². The summed E-state index contributed by atoms with van der Waals surface area (Å²) in [4.78, 5) is 0.981. The van der Waals surface area contributed by atoms with Crippen molar-refractivity contribution < 1.29 is 17.6 Å². The normalized spacial score (nSPS) is 12.0. The number of alkyl halides is 3. The summed E-state index contributed by atoms with van der Waals surface area (Å²) in [5, 5.41) is 3.13. The highest BCUT2D eigenvalue weighted by Crippen LogP contribution is 2.25. The quantitative estimate of drug-likeness (QED) is 0.804. The molecule has 1 rings (SSSR count). The van der Waals surface area contributed by atoms with E-state index < -0.39 is 18.5 Å². The fraction of sp³-hybridized carbons (Fsp3) is 0.571. The summed E-state index contributed by atoms with van der Waals surface area (Å²) in [6.07, 6.45) is -4.35. The van der Waals surface area contributed by atoms with Gasteiger partial charge in [0.15, 0.2) is 0 Å². The van der Waals surface area contributed by atoms with Gasteiger partial charge in [0.2, 0.25) is 0 Å². The van der Waals surface area contributed by atoms with Gasteiger partial charge in [-0.2, -0.15) is 13.2 Å². The minimum atomic E-state index is -4.35. The van der Waals surface area contributed by atoms with Gasteiger partial charge in [-0.3, -0.25) is 0 Å². The summed E-state index contributed by atoms with van der Waals surface area (Å²) >= 11 is 0. The average Bonchev–Trinajstić information content (AvgIpc) is 2.33. The van der Waals surface area contributed by atoms with Gasteiger partial charge in [-0.25, -0.2) is 4.39 Å². The van der Waals surface area contributed by atoms with Crippen molar-refractivity contribution in [3.63, 3.8) is 0 Å². The number of anilines is 1. The summed E-state index contributed by atoms with van der Waals surface area (Å²) in [5.41, 5.74) is 0.695. The zero-order valence-electron chi connectivity index (χ0n) is 11.9. The Morgan fingerprint density at radius 3 is 2.35 bits per heavy atom. The molecule has 2 nitrogen and oxygen atoms in total. The van der Waals surface area contributed by atoms with Crippen LogP contribution >= 0.6 is 0 Å². The maximum absolute atomic E-state index is 14.0. The molecule has 0 unspecified atom stereocenters. The smallest absolute Gasteiger partial charge is 0.360 e. The van der Waals surface area contributed by atoms with E-state index in [9.17, 15) is 17.6 Å². The topological polar surface area (TPSA) is 15.3 Å². The second-order valence-electron chi connectivity index (χ2n) is 4.95. The van der Waals surface area contributed by atoms with Crippen LogP contribution in [0.4, 0.5) is 23.2 Å². The predicted molar refractivity (Wildman–Crippen MR) is 72.3 cm³/mol. The third-order valence-corrected chi connectivity index (χ3v) is 2.82. The van der Waals surface area contributed by atoms with Crippen LogP contribution in [0.1, 0.15) is 26.3 Å². The summed E-state index contributed by atoms with van der Waals surface area (Å²) < 4.78 is 51.2. The van der Waals surface area contributed by atoms with Gasteiger partial charge in [0, 0.05) is 19.1 Å². The maximum atomic E-state index is 14.0. The van der Waals surface area contributed by atoms with Crippen molar-refractivity contribution in [1.29, 1.82) is 0 Å². The number of nitrogens with zero attached hydrogens (tertiary/aromatic N) is 1. The second-order valence-corrected chi connectivity index (χ2v) is 4.95. The van der Waals surface area contributed by atoms with Gasteiger partial charge in [-0.05, 0) is 24.6 Å².